The van der Waals surface area contributed by atoms with Crippen molar-refractivity contribution in [3.8, 4) is 5.75 Å². The number of rotatable bonds is 5. The molecule has 6 N–H and O–H groups in total. The van der Waals surface area contributed by atoms with Crippen LogP contribution in [0, 0.1) is 0 Å². The predicted octanol–water partition coefficient (Wildman–Crippen LogP) is -1.33. The number of nitrogens with two attached hydrogens (primary N) is 1. The molecule has 2 rings (SSSR count). The molecule has 1 saturated heterocycles. The van der Waals surface area contributed by atoms with Crippen LogP contribution in [0.4, 0.5) is 0 Å². The lowest BCUT2D eigenvalue weighted by Gasteiger charge is -2.46. The highest BCUT2D eigenvalue weighted by Gasteiger charge is 2.50. The van der Waals surface area contributed by atoms with Crippen LogP contribution in [0.2, 0.25) is 0 Å². The molecule has 0 aliphatic carbocycles. The number of hydrogen-bond acceptors (Lipinski definition) is 8. The molecule has 1 fully saturated rings. The highest BCUT2D eigenvalue weighted by Crippen LogP contribution is 2.30. The first-order valence-corrected chi connectivity index (χ1v) is 7.67. The van der Waals surface area contributed by atoms with Crippen LogP contribution in [0.25, 0.3) is 0 Å². The molecule has 1 aliphatic rings. The predicted molar refractivity (Wildman–Crippen MR) is 83.0 cm³/mol. The van der Waals surface area contributed by atoms with Crippen LogP contribution in [0.3, 0.4) is 0 Å². The molecule has 0 bridgehead atoms. The average molecular weight is 341 g/mol. The Bertz CT molecular complexity index is 562. The van der Waals surface area contributed by atoms with Gasteiger partial charge in [-0.3, -0.25) is 4.79 Å². The summed E-state index contributed by atoms with van der Waals surface area (Å²) in [4.78, 5) is 10.9. The molecular weight excluding hydrogens is 318 g/mol. The number of carbonyl (C=O) groups excluding carboxylic acids is 1. The highest BCUT2D eigenvalue weighted by molar-refractivity contribution is 5.69. The fourth-order valence-corrected chi connectivity index (χ4v) is 2.69. The van der Waals surface area contributed by atoms with Gasteiger partial charge in [0.15, 0.2) is 5.79 Å². The Morgan fingerprint density at radius 2 is 1.92 bits per heavy atom. The Balaban J connectivity index is 2.02. The summed E-state index contributed by atoms with van der Waals surface area (Å²) >= 11 is 0. The summed E-state index contributed by atoms with van der Waals surface area (Å²) < 4.78 is 10.3. The van der Waals surface area contributed by atoms with E-state index in [9.17, 15) is 25.2 Å². The van der Waals surface area contributed by atoms with Crippen molar-refractivity contribution in [3.05, 3.63) is 29.8 Å². The third-order valence-corrected chi connectivity index (χ3v) is 4.11. The van der Waals surface area contributed by atoms with E-state index in [0.717, 1.165) is 5.56 Å². The van der Waals surface area contributed by atoms with Crippen molar-refractivity contribution in [1.29, 1.82) is 0 Å². The molecule has 1 aromatic carbocycles. The topological polar surface area (TPSA) is 142 Å². The summed E-state index contributed by atoms with van der Waals surface area (Å²) in [6, 6.07) is 5.49. The lowest BCUT2D eigenvalue weighted by Crippen LogP contribution is -2.68. The van der Waals surface area contributed by atoms with E-state index >= 15 is 0 Å². The lowest BCUT2D eigenvalue weighted by atomic mass is 9.87. The van der Waals surface area contributed by atoms with E-state index in [1.54, 1.807) is 24.3 Å². The van der Waals surface area contributed by atoms with Gasteiger partial charge in [-0.05, 0) is 24.1 Å². The van der Waals surface area contributed by atoms with Gasteiger partial charge in [0.05, 0.1) is 12.6 Å². The van der Waals surface area contributed by atoms with Gasteiger partial charge in [0.2, 0.25) is 0 Å². The SMILES string of the molecule is CC(=O)Oc1ccc(CCC2(O)O[C@H](CO)[C@@H](O)[C@H](O)[C@H]2N)cc1. The summed E-state index contributed by atoms with van der Waals surface area (Å²) in [6.07, 6.45) is -3.47. The molecule has 0 aromatic heterocycles. The fourth-order valence-electron chi connectivity index (χ4n) is 2.69. The van der Waals surface area contributed by atoms with E-state index < -0.39 is 42.7 Å². The number of ether oxygens (including phenoxy) is 2. The monoisotopic (exact) mass is 341 g/mol. The molecule has 0 spiro atoms. The van der Waals surface area contributed by atoms with Gasteiger partial charge in [-0.15, -0.1) is 0 Å². The first-order chi connectivity index (χ1) is 11.3. The van der Waals surface area contributed by atoms with Gasteiger partial charge in [0, 0.05) is 13.3 Å². The number of esters is 1. The second kappa shape index (κ2) is 7.56. The van der Waals surface area contributed by atoms with Gasteiger partial charge in [-0.1, -0.05) is 12.1 Å². The fraction of sp³-hybridized carbons (Fsp3) is 0.562. The Morgan fingerprint density at radius 1 is 1.29 bits per heavy atom. The maximum absolute atomic E-state index is 10.9. The van der Waals surface area contributed by atoms with Crippen molar-refractivity contribution in [2.75, 3.05) is 6.61 Å². The zero-order valence-corrected chi connectivity index (χ0v) is 13.3. The largest absolute Gasteiger partial charge is 0.427 e. The smallest absolute Gasteiger partial charge is 0.308 e. The third-order valence-electron chi connectivity index (χ3n) is 4.11. The van der Waals surface area contributed by atoms with E-state index in [2.05, 4.69) is 0 Å². The van der Waals surface area contributed by atoms with Crippen LogP contribution >= 0.6 is 0 Å². The molecule has 0 amide bonds. The molecule has 8 nitrogen and oxygen atoms in total. The summed E-state index contributed by atoms with van der Waals surface area (Å²) in [6.45, 7) is 0.757. The second-order valence-electron chi connectivity index (χ2n) is 5.93. The van der Waals surface area contributed by atoms with Crippen LogP contribution in [0.1, 0.15) is 18.9 Å². The van der Waals surface area contributed by atoms with Gasteiger partial charge in [0.1, 0.15) is 24.1 Å². The van der Waals surface area contributed by atoms with Crippen molar-refractivity contribution >= 4 is 5.97 Å². The summed E-state index contributed by atoms with van der Waals surface area (Å²) in [7, 11) is 0. The lowest BCUT2D eigenvalue weighted by molar-refractivity contribution is -0.316. The van der Waals surface area contributed by atoms with E-state index in [4.69, 9.17) is 15.2 Å². The van der Waals surface area contributed by atoms with Crippen molar-refractivity contribution < 1.29 is 34.7 Å². The number of benzene rings is 1. The minimum absolute atomic E-state index is 0.0569. The van der Waals surface area contributed by atoms with E-state index in [1.165, 1.54) is 6.92 Å². The standard InChI is InChI=1S/C16H23NO7/c1-9(19)23-11-4-2-10(3-5-11)6-7-16(22)15(17)14(21)13(20)12(8-18)24-16/h2-5,12-15,18,20-22H,6-8,17H2,1H3/t12-,13-,14+,15-,16?/m1/s1. The maximum Gasteiger partial charge on any atom is 0.308 e. The number of aliphatic hydroxyl groups is 4. The first-order valence-electron chi connectivity index (χ1n) is 7.67. The van der Waals surface area contributed by atoms with E-state index in [0.29, 0.717) is 12.2 Å². The van der Waals surface area contributed by atoms with Gasteiger partial charge >= 0.3 is 5.97 Å². The summed E-state index contributed by atoms with van der Waals surface area (Å²) in [5.41, 5.74) is 6.61. The normalized spacial score (nSPS) is 33.2. The van der Waals surface area contributed by atoms with Gasteiger partial charge < -0.3 is 35.6 Å². The van der Waals surface area contributed by atoms with Crippen LogP contribution < -0.4 is 10.5 Å². The zero-order chi connectivity index (χ0) is 17.9. The number of aryl methyl sites for hydroxylation is 1. The van der Waals surface area contributed by atoms with Crippen molar-refractivity contribution in [2.24, 2.45) is 5.73 Å². The minimum Gasteiger partial charge on any atom is -0.427 e. The van der Waals surface area contributed by atoms with Gasteiger partial charge in [-0.2, -0.15) is 0 Å². The van der Waals surface area contributed by atoms with Crippen molar-refractivity contribution in [3.63, 3.8) is 0 Å². The minimum atomic E-state index is -1.87. The zero-order valence-electron chi connectivity index (χ0n) is 13.3. The van der Waals surface area contributed by atoms with Crippen LogP contribution in [-0.2, 0) is 16.0 Å². The average Bonchev–Trinajstić information content (AvgIpc) is 2.55. The number of aliphatic hydroxyl groups excluding tert-OH is 3. The molecule has 5 atom stereocenters. The molecule has 24 heavy (non-hydrogen) atoms. The van der Waals surface area contributed by atoms with E-state index in [-0.39, 0.29) is 6.42 Å². The summed E-state index contributed by atoms with van der Waals surface area (Å²) in [5.74, 6) is -1.88. The molecule has 8 heteroatoms. The highest BCUT2D eigenvalue weighted by atomic mass is 16.6. The Labute approximate surface area is 139 Å². The maximum atomic E-state index is 10.9. The van der Waals surface area contributed by atoms with Crippen molar-refractivity contribution in [1.82, 2.24) is 0 Å². The Kier molecular flexibility index (Phi) is 5.92. The molecule has 134 valence electrons. The van der Waals surface area contributed by atoms with Gasteiger partial charge in [0.25, 0.3) is 0 Å². The molecule has 1 aliphatic heterocycles. The molecule has 1 aromatic rings. The molecule has 1 heterocycles. The number of carbonyl (C=O) groups is 1. The third kappa shape index (κ3) is 4.10. The van der Waals surface area contributed by atoms with Gasteiger partial charge in [-0.25, -0.2) is 0 Å². The first kappa shape index (κ1) is 18.8. The van der Waals surface area contributed by atoms with Crippen LogP contribution in [0.15, 0.2) is 24.3 Å². The molecule has 0 saturated carbocycles. The van der Waals surface area contributed by atoms with E-state index in [1.807, 2.05) is 0 Å². The molecule has 0 radical (unpaired) electrons. The van der Waals surface area contributed by atoms with Crippen LogP contribution in [-0.4, -0.2) is 63.1 Å². The second-order valence-corrected chi connectivity index (χ2v) is 5.93. The summed E-state index contributed by atoms with van der Waals surface area (Å²) in [5, 5.41) is 39.4. The number of hydrogen-bond donors (Lipinski definition) is 5. The van der Waals surface area contributed by atoms with Crippen molar-refractivity contribution in [2.45, 2.75) is 49.9 Å². The molecule has 1 unspecified atom stereocenters. The Morgan fingerprint density at radius 3 is 2.46 bits per heavy atom. The van der Waals surface area contributed by atoms with Crippen LogP contribution in [0.5, 0.6) is 5.75 Å². The Hall–Kier alpha value is -1.55. The quantitative estimate of drug-likeness (QED) is 0.328. The molecular formula is C16H23NO7.